The van der Waals surface area contributed by atoms with E-state index in [1.54, 1.807) is 11.3 Å². The molecule has 0 spiro atoms. The summed E-state index contributed by atoms with van der Waals surface area (Å²) in [6, 6.07) is 0. The molecule has 2 rings (SSSR count). The number of nitrogens with zero attached hydrogens (tertiary/aromatic N) is 1. The number of aromatic nitrogens is 1. The average Bonchev–Trinajstić information content (AvgIpc) is 2.88. The minimum atomic E-state index is -0.766. The largest absolute Gasteiger partial charge is 0.381 e. The predicted octanol–water partition coefficient (Wildman–Crippen LogP) is 2.45. The van der Waals surface area contributed by atoms with Crippen LogP contribution in [0.5, 0.6) is 0 Å². The van der Waals surface area contributed by atoms with Crippen LogP contribution in [0.2, 0.25) is 0 Å². The van der Waals surface area contributed by atoms with Gasteiger partial charge in [-0.1, -0.05) is 20.8 Å². The topological polar surface area (TPSA) is 77.2 Å². The molecule has 0 aromatic carbocycles. The number of hydrogen-bond acceptors (Lipinski definition) is 5. The third kappa shape index (κ3) is 6.19. The lowest BCUT2D eigenvalue weighted by molar-refractivity contribution is -0.129. The van der Waals surface area contributed by atoms with Crippen LogP contribution in [0.25, 0.3) is 0 Å². The molecule has 23 heavy (non-hydrogen) atoms. The SMILES string of the molecule is CC(C)(C)c1csc(CCNC(=O)C2(N)CCOCC2)n1.Cl.Cl. The van der Waals surface area contributed by atoms with Crippen molar-refractivity contribution in [2.24, 2.45) is 5.73 Å². The van der Waals surface area contributed by atoms with Gasteiger partial charge in [0, 0.05) is 37.0 Å². The summed E-state index contributed by atoms with van der Waals surface area (Å²) in [5.41, 5.74) is 6.55. The first-order chi connectivity index (χ1) is 9.81. The van der Waals surface area contributed by atoms with Crippen molar-refractivity contribution in [1.29, 1.82) is 0 Å². The Labute approximate surface area is 154 Å². The Balaban J connectivity index is 0.00000242. The first-order valence-corrected chi connectivity index (χ1v) is 8.29. The zero-order chi connectivity index (χ0) is 15.5. The molecule has 0 bridgehead atoms. The van der Waals surface area contributed by atoms with Gasteiger partial charge < -0.3 is 15.8 Å². The highest BCUT2D eigenvalue weighted by Gasteiger charge is 2.35. The highest BCUT2D eigenvalue weighted by molar-refractivity contribution is 7.09. The van der Waals surface area contributed by atoms with E-state index in [9.17, 15) is 4.79 Å². The summed E-state index contributed by atoms with van der Waals surface area (Å²) in [5.74, 6) is -0.0709. The van der Waals surface area contributed by atoms with Crippen LogP contribution in [-0.2, 0) is 21.4 Å². The molecular weight excluding hydrogens is 357 g/mol. The van der Waals surface area contributed by atoms with Gasteiger partial charge in [0.15, 0.2) is 0 Å². The summed E-state index contributed by atoms with van der Waals surface area (Å²) in [6.45, 7) is 8.15. The monoisotopic (exact) mass is 383 g/mol. The van der Waals surface area contributed by atoms with Crippen molar-refractivity contribution < 1.29 is 9.53 Å². The third-order valence-electron chi connectivity index (χ3n) is 3.78. The van der Waals surface area contributed by atoms with Gasteiger partial charge in [-0.3, -0.25) is 4.79 Å². The normalized spacial score (nSPS) is 16.9. The van der Waals surface area contributed by atoms with Crippen molar-refractivity contribution in [2.45, 2.75) is 51.0 Å². The number of thiazole rings is 1. The maximum atomic E-state index is 12.2. The Morgan fingerprint density at radius 2 is 2.00 bits per heavy atom. The van der Waals surface area contributed by atoms with Crippen LogP contribution in [0.3, 0.4) is 0 Å². The average molecular weight is 384 g/mol. The lowest BCUT2D eigenvalue weighted by Crippen LogP contribution is -2.57. The molecule has 3 N–H and O–H groups in total. The van der Waals surface area contributed by atoms with E-state index in [0.717, 1.165) is 17.1 Å². The molecule has 1 saturated heterocycles. The number of rotatable bonds is 4. The molecule has 0 unspecified atom stereocenters. The van der Waals surface area contributed by atoms with Gasteiger partial charge in [-0.15, -0.1) is 36.2 Å². The summed E-state index contributed by atoms with van der Waals surface area (Å²) < 4.78 is 5.26. The van der Waals surface area contributed by atoms with E-state index in [-0.39, 0.29) is 36.1 Å². The zero-order valence-corrected chi connectivity index (χ0v) is 16.3. The maximum absolute atomic E-state index is 12.2. The standard InChI is InChI=1S/C15H25N3O2S.2ClH/c1-14(2,3)11-10-21-12(18-11)4-7-17-13(19)15(16)5-8-20-9-6-15;;/h10H,4-9,16H2,1-3H3,(H,17,19);2*1H. The van der Waals surface area contributed by atoms with Crippen LogP contribution in [-0.4, -0.2) is 36.2 Å². The molecule has 8 heteroatoms. The molecule has 0 radical (unpaired) electrons. The molecule has 1 aliphatic rings. The lowest BCUT2D eigenvalue weighted by Gasteiger charge is -2.31. The second-order valence-electron chi connectivity index (χ2n) is 6.65. The summed E-state index contributed by atoms with van der Waals surface area (Å²) in [5, 5.41) is 6.09. The Bertz CT molecular complexity index is 497. The Kier molecular flexibility index (Phi) is 9.02. The highest BCUT2D eigenvalue weighted by Crippen LogP contribution is 2.24. The van der Waals surface area contributed by atoms with E-state index in [1.165, 1.54) is 0 Å². The fourth-order valence-corrected chi connectivity index (χ4v) is 3.22. The number of carbonyl (C=O) groups is 1. The van der Waals surface area contributed by atoms with Crippen LogP contribution in [0.1, 0.15) is 44.3 Å². The van der Waals surface area contributed by atoms with E-state index >= 15 is 0 Å². The van der Waals surface area contributed by atoms with Gasteiger partial charge in [0.25, 0.3) is 0 Å². The number of halogens is 2. The first-order valence-electron chi connectivity index (χ1n) is 7.41. The predicted molar refractivity (Wildman–Crippen MR) is 99.0 cm³/mol. The Hall–Kier alpha value is -0.400. The molecule has 5 nitrogen and oxygen atoms in total. The second kappa shape index (κ2) is 9.18. The molecular formula is C15H27Cl2N3O2S. The van der Waals surface area contributed by atoms with Crippen LogP contribution in [0.4, 0.5) is 0 Å². The van der Waals surface area contributed by atoms with Crippen molar-refractivity contribution in [1.82, 2.24) is 10.3 Å². The van der Waals surface area contributed by atoms with E-state index in [4.69, 9.17) is 10.5 Å². The van der Waals surface area contributed by atoms with E-state index in [2.05, 4.69) is 36.5 Å². The first kappa shape index (κ1) is 22.6. The minimum absolute atomic E-state index is 0. The lowest BCUT2D eigenvalue weighted by atomic mass is 9.90. The fraction of sp³-hybridized carbons (Fsp3) is 0.733. The minimum Gasteiger partial charge on any atom is -0.381 e. The Morgan fingerprint density at radius 3 is 2.52 bits per heavy atom. The van der Waals surface area contributed by atoms with Crippen LogP contribution in [0, 0.1) is 0 Å². The second-order valence-corrected chi connectivity index (χ2v) is 7.59. The van der Waals surface area contributed by atoms with Crippen molar-refractivity contribution in [3.05, 3.63) is 16.1 Å². The third-order valence-corrected chi connectivity index (χ3v) is 4.69. The molecule has 0 atom stereocenters. The molecule has 0 aliphatic carbocycles. The molecule has 1 amide bonds. The van der Waals surface area contributed by atoms with Crippen LogP contribution in [0.15, 0.2) is 5.38 Å². The summed E-state index contributed by atoms with van der Waals surface area (Å²) in [4.78, 5) is 16.8. The zero-order valence-electron chi connectivity index (χ0n) is 13.9. The van der Waals surface area contributed by atoms with Crippen molar-refractivity contribution >= 4 is 42.1 Å². The van der Waals surface area contributed by atoms with Crippen molar-refractivity contribution in [3.8, 4) is 0 Å². The molecule has 1 aromatic heterocycles. The highest BCUT2D eigenvalue weighted by atomic mass is 35.5. The molecule has 0 saturated carbocycles. The number of nitrogens with one attached hydrogen (secondary N) is 1. The number of ether oxygens (including phenoxy) is 1. The van der Waals surface area contributed by atoms with E-state index in [0.29, 0.717) is 32.6 Å². The molecule has 1 fully saturated rings. The van der Waals surface area contributed by atoms with Gasteiger partial charge in [0.1, 0.15) is 0 Å². The summed E-state index contributed by atoms with van der Waals surface area (Å²) in [6.07, 6.45) is 1.92. The number of amides is 1. The molecule has 2 heterocycles. The quantitative estimate of drug-likeness (QED) is 0.836. The van der Waals surface area contributed by atoms with Crippen molar-refractivity contribution in [2.75, 3.05) is 19.8 Å². The van der Waals surface area contributed by atoms with Crippen LogP contribution < -0.4 is 11.1 Å². The van der Waals surface area contributed by atoms with Crippen LogP contribution >= 0.6 is 36.2 Å². The smallest absolute Gasteiger partial charge is 0.240 e. The van der Waals surface area contributed by atoms with E-state index in [1.807, 2.05) is 0 Å². The van der Waals surface area contributed by atoms with Crippen molar-refractivity contribution in [3.63, 3.8) is 0 Å². The molecule has 1 aromatic rings. The maximum Gasteiger partial charge on any atom is 0.240 e. The van der Waals surface area contributed by atoms with Gasteiger partial charge in [0.05, 0.1) is 16.2 Å². The summed E-state index contributed by atoms with van der Waals surface area (Å²) in [7, 11) is 0. The fourth-order valence-electron chi connectivity index (χ4n) is 2.19. The molecule has 1 aliphatic heterocycles. The summed E-state index contributed by atoms with van der Waals surface area (Å²) >= 11 is 1.65. The van der Waals surface area contributed by atoms with Gasteiger partial charge in [0.2, 0.25) is 5.91 Å². The number of hydrogen-bond donors (Lipinski definition) is 2. The van der Waals surface area contributed by atoms with Gasteiger partial charge in [-0.05, 0) is 12.8 Å². The van der Waals surface area contributed by atoms with E-state index < -0.39 is 5.54 Å². The molecule has 134 valence electrons. The number of carbonyl (C=O) groups excluding carboxylic acids is 1. The number of nitrogens with two attached hydrogens (primary N) is 1. The van der Waals surface area contributed by atoms with Gasteiger partial charge >= 0.3 is 0 Å². The Morgan fingerprint density at radius 1 is 1.39 bits per heavy atom. The van der Waals surface area contributed by atoms with Gasteiger partial charge in [-0.25, -0.2) is 4.98 Å². The van der Waals surface area contributed by atoms with Gasteiger partial charge in [-0.2, -0.15) is 0 Å².